The quantitative estimate of drug-likeness (QED) is 0.875. The Hall–Kier alpha value is -1.89. The molecule has 0 aliphatic carbocycles. The monoisotopic (exact) mass is 360 g/mol. The maximum Gasteiger partial charge on any atom is 0.240 e. The predicted molar refractivity (Wildman–Crippen MR) is 99.2 cm³/mol. The van der Waals surface area contributed by atoms with Crippen LogP contribution in [-0.2, 0) is 15.4 Å². The number of sulfonamides is 1. The molecular formula is C19H24N2O3S. The first-order chi connectivity index (χ1) is 11.9. The van der Waals surface area contributed by atoms with E-state index in [-0.39, 0.29) is 16.9 Å². The zero-order chi connectivity index (χ0) is 18.1. The molecule has 0 bridgehead atoms. The molecule has 5 nitrogen and oxygen atoms in total. The van der Waals surface area contributed by atoms with E-state index >= 15 is 0 Å². The van der Waals surface area contributed by atoms with Crippen LogP contribution in [0, 0.1) is 6.92 Å². The van der Waals surface area contributed by atoms with E-state index in [4.69, 9.17) is 5.14 Å². The van der Waals surface area contributed by atoms with Gasteiger partial charge in [0.2, 0.25) is 10.0 Å². The van der Waals surface area contributed by atoms with Gasteiger partial charge in [0.15, 0.2) is 0 Å². The first kappa shape index (κ1) is 17.9. The summed E-state index contributed by atoms with van der Waals surface area (Å²) in [7, 11) is -3.78. The van der Waals surface area contributed by atoms with E-state index in [0.29, 0.717) is 18.8 Å². The van der Waals surface area contributed by atoms with Crippen molar-refractivity contribution in [3.05, 3.63) is 59.7 Å². The standard InChI is InChI=1S/C19H24N2O3S/c1-15-7-8-18(25(20,23)24)17(13-15)21-11-9-19(14-22,10-12-21)16-5-3-2-4-6-16/h2-8,13,22H,9-12,14H2,1H3,(H2,20,23,24). The Morgan fingerprint density at radius 2 is 1.76 bits per heavy atom. The van der Waals surface area contributed by atoms with Crippen molar-refractivity contribution in [3.63, 3.8) is 0 Å². The fourth-order valence-electron chi connectivity index (χ4n) is 3.62. The zero-order valence-electron chi connectivity index (χ0n) is 14.4. The lowest BCUT2D eigenvalue weighted by Crippen LogP contribution is -2.45. The molecule has 1 saturated heterocycles. The molecule has 134 valence electrons. The number of hydrogen-bond donors (Lipinski definition) is 2. The number of nitrogens with two attached hydrogens (primary N) is 1. The van der Waals surface area contributed by atoms with Crippen LogP contribution in [0.3, 0.4) is 0 Å². The molecule has 3 N–H and O–H groups in total. The molecule has 2 aromatic rings. The lowest BCUT2D eigenvalue weighted by Gasteiger charge is -2.42. The van der Waals surface area contributed by atoms with Crippen molar-refractivity contribution in [2.45, 2.75) is 30.1 Å². The molecule has 1 fully saturated rings. The van der Waals surface area contributed by atoms with Crippen LogP contribution in [0.4, 0.5) is 5.69 Å². The van der Waals surface area contributed by atoms with Gasteiger partial charge >= 0.3 is 0 Å². The van der Waals surface area contributed by atoms with Gasteiger partial charge in [-0.05, 0) is 43.0 Å². The molecule has 0 atom stereocenters. The highest BCUT2D eigenvalue weighted by molar-refractivity contribution is 7.89. The Morgan fingerprint density at radius 3 is 2.32 bits per heavy atom. The number of rotatable bonds is 4. The lowest BCUT2D eigenvalue weighted by molar-refractivity contribution is 0.165. The molecule has 0 spiro atoms. The Balaban J connectivity index is 1.89. The molecular weight excluding hydrogens is 336 g/mol. The summed E-state index contributed by atoms with van der Waals surface area (Å²) in [5.41, 5.74) is 2.50. The second-order valence-corrected chi connectivity index (χ2v) is 8.34. The minimum atomic E-state index is -3.78. The summed E-state index contributed by atoms with van der Waals surface area (Å²) < 4.78 is 23.8. The van der Waals surface area contributed by atoms with Gasteiger partial charge in [0.25, 0.3) is 0 Å². The van der Waals surface area contributed by atoms with E-state index in [0.717, 1.165) is 24.0 Å². The van der Waals surface area contributed by atoms with Crippen molar-refractivity contribution in [2.24, 2.45) is 5.14 Å². The molecule has 2 aromatic carbocycles. The van der Waals surface area contributed by atoms with Crippen molar-refractivity contribution >= 4 is 15.7 Å². The Morgan fingerprint density at radius 1 is 1.12 bits per heavy atom. The normalized spacial score (nSPS) is 17.5. The van der Waals surface area contributed by atoms with Gasteiger partial charge in [-0.2, -0.15) is 0 Å². The average molecular weight is 360 g/mol. The second kappa shape index (κ2) is 6.78. The van der Waals surface area contributed by atoms with E-state index in [1.165, 1.54) is 0 Å². The lowest BCUT2D eigenvalue weighted by atomic mass is 9.73. The van der Waals surface area contributed by atoms with Crippen LogP contribution in [0.15, 0.2) is 53.4 Å². The van der Waals surface area contributed by atoms with E-state index < -0.39 is 10.0 Å². The molecule has 0 unspecified atom stereocenters. The summed E-state index contributed by atoms with van der Waals surface area (Å²) in [6.07, 6.45) is 1.51. The van der Waals surface area contributed by atoms with Crippen molar-refractivity contribution in [1.82, 2.24) is 0 Å². The summed E-state index contributed by atoms with van der Waals surface area (Å²) in [5, 5.41) is 15.4. The topological polar surface area (TPSA) is 83.6 Å². The van der Waals surface area contributed by atoms with Crippen molar-refractivity contribution in [1.29, 1.82) is 0 Å². The Kier molecular flexibility index (Phi) is 4.86. The van der Waals surface area contributed by atoms with Crippen molar-refractivity contribution in [2.75, 3.05) is 24.6 Å². The number of aryl methyl sites for hydroxylation is 1. The number of aliphatic hydroxyl groups excluding tert-OH is 1. The number of hydrogen-bond acceptors (Lipinski definition) is 4. The van der Waals surface area contributed by atoms with E-state index in [1.54, 1.807) is 12.1 Å². The predicted octanol–water partition coefficient (Wildman–Crippen LogP) is 2.17. The van der Waals surface area contributed by atoms with Gasteiger partial charge in [0, 0.05) is 18.5 Å². The van der Waals surface area contributed by atoms with E-state index in [1.807, 2.05) is 43.3 Å². The summed E-state index contributed by atoms with van der Waals surface area (Å²) in [6, 6.07) is 15.2. The molecule has 25 heavy (non-hydrogen) atoms. The maximum absolute atomic E-state index is 11.9. The average Bonchev–Trinajstić information content (AvgIpc) is 2.61. The minimum Gasteiger partial charge on any atom is -0.395 e. The molecule has 0 saturated carbocycles. The van der Waals surface area contributed by atoms with Crippen LogP contribution < -0.4 is 10.0 Å². The Bertz CT molecular complexity index is 842. The van der Waals surface area contributed by atoms with Crippen LogP contribution >= 0.6 is 0 Å². The summed E-state index contributed by atoms with van der Waals surface area (Å²) in [6.45, 7) is 3.35. The molecule has 1 heterocycles. The van der Waals surface area contributed by atoms with Gasteiger partial charge in [-0.15, -0.1) is 0 Å². The largest absolute Gasteiger partial charge is 0.395 e. The number of aliphatic hydroxyl groups is 1. The van der Waals surface area contributed by atoms with Crippen LogP contribution in [0.1, 0.15) is 24.0 Å². The van der Waals surface area contributed by atoms with Gasteiger partial charge in [-0.25, -0.2) is 13.6 Å². The van der Waals surface area contributed by atoms with E-state index in [9.17, 15) is 13.5 Å². The number of primary sulfonamides is 1. The highest BCUT2D eigenvalue weighted by Crippen LogP contribution is 2.38. The third kappa shape index (κ3) is 3.56. The van der Waals surface area contributed by atoms with Gasteiger partial charge < -0.3 is 10.0 Å². The maximum atomic E-state index is 11.9. The zero-order valence-corrected chi connectivity index (χ0v) is 15.2. The Labute approximate surface area is 149 Å². The van der Waals surface area contributed by atoms with Crippen molar-refractivity contribution < 1.29 is 13.5 Å². The third-order valence-electron chi connectivity index (χ3n) is 5.17. The fourth-order valence-corrected chi connectivity index (χ4v) is 4.36. The molecule has 3 rings (SSSR count). The van der Waals surface area contributed by atoms with Crippen LogP contribution in [0.25, 0.3) is 0 Å². The summed E-state index contributed by atoms with van der Waals surface area (Å²) in [4.78, 5) is 2.22. The van der Waals surface area contributed by atoms with Gasteiger partial charge in [0.1, 0.15) is 4.90 Å². The van der Waals surface area contributed by atoms with Crippen LogP contribution in [0.2, 0.25) is 0 Å². The van der Waals surface area contributed by atoms with Crippen LogP contribution in [0.5, 0.6) is 0 Å². The van der Waals surface area contributed by atoms with Gasteiger partial charge in [0.05, 0.1) is 12.3 Å². The molecule has 0 radical (unpaired) electrons. The molecule has 0 amide bonds. The minimum absolute atomic E-state index is 0.0840. The smallest absolute Gasteiger partial charge is 0.240 e. The van der Waals surface area contributed by atoms with Crippen LogP contribution in [-0.4, -0.2) is 33.2 Å². The number of benzene rings is 2. The first-order valence-corrected chi connectivity index (χ1v) is 9.95. The van der Waals surface area contributed by atoms with Crippen molar-refractivity contribution in [3.8, 4) is 0 Å². The van der Waals surface area contributed by atoms with Gasteiger partial charge in [-0.3, -0.25) is 0 Å². The van der Waals surface area contributed by atoms with Gasteiger partial charge in [-0.1, -0.05) is 36.4 Å². The summed E-state index contributed by atoms with van der Waals surface area (Å²) >= 11 is 0. The molecule has 1 aliphatic rings. The molecule has 6 heteroatoms. The highest BCUT2D eigenvalue weighted by Gasteiger charge is 2.36. The highest BCUT2D eigenvalue weighted by atomic mass is 32.2. The second-order valence-electron chi connectivity index (χ2n) is 6.81. The van der Waals surface area contributed by atoms with E-state index in [2.05, 4.69) is 4.90 Å². The molecule has 1 aliphatic heterocycles. The fraction of sp³-hybridized carbons (Fsp3) is 0.368. The number of anilines is 1. The number of piperidine rings is 1. The third-order valence-corrected chi connectivity index (χ3v) is 6.13. The SMILES string of the molecule is Cc1ccc(S(N)(=O)=O)c(N2CCC(CO)(c3ccccc3)CC2)c1. The first-order valence-electron chi connectivity index (χ1n) is 8.40. The molecule has 0 aromatic heterocycles. The summed E-state index contributed by atoms with van der Waals surface area (Å²) in [5.74, 6) is 0. The number of nitrogens with zero attached hydrogens (tertiary/aromatic N) is 1.